The second kappa shape index (κ2) is 5.88. The zero-order valence-electron chi connectivity index (χ0n) is 11.4. The fourth-order valence-electron chi connectivity index (χ4n) is 2.43. The molecule has 2 amide bonds. The summed E-state index contributed by atoms with van der Waals surface area (Å²) in [5, 5.41) is 5.37. The van der Waals surface area contributed by atoms with Crippen LogP contribution in [0.15, 0.2) is 46.9 Å². The number of benzene rings is 2. The molecule has 1 unspecified atom stereocenters. The lowest BCUT2D eigenvalue weighted by atomic mass is 9.89. The summed E-state index contributed by atoms with van der Waals surface area (Å²) in [6, 6.07) is 11.2. The van der Waals surface area contributed by atoms with E-state index in [0.29, 0.717) is 16.9 Å². The normalized spacial score (nSPS) is 16.6. The molecule has 1 aliphatic heterocycles. The first kappa shape index (κ1) is 14.7. The third-order valence-electron chi connectivity index (χ3n) is 3.48. The summed E-state index contributed by atoms with van der Waals surface area (Å²) >= 11 is 3.32. The van der Waals surface area contributed by atoms with E-state index in [1.54, 1.807) is 12.1 Å². The number of nitrogens with one attached hydrogen (secondary N) is 2. The molecule has 0 saturated carbocycles. The molecule has 1 heterocycles. The Morgan fingerprint density at radius 3 is 2.68 bits per heavy atom. The Labute approximate surface area is 134 Å². The van der Waals surface area contributed by atoms with Crippen LogP contribution in [0.4, 0.5) is 15.8 Å². The van der Waals surface area contributed by atoms with Gasteiger partial charge in [0, 0.05) is 22.3 Å². The van der Waals surface area contributed by atoms with E-state index < -0.39 is 11.7 Å². The van der Waals surface area contributed by atoms with Crippen LogP contribution in [0.5, 0.6) is 0 Å². The van der Waals surface area contributed by atoms with Crippen LogP contribution < -0.4 is 10.6 Å². The molecule has 0 aliphatic carbocycles. The van der Waals surface area contributed by atoms with E-state index in [4.69, 9.17) is 0 Å². The van der Waals surface area contributed by atoms with Gasteiger partial charge in [0.25, 0.3) is 0 Å². The lowest BCUT2D eigenvalue weighted by Gasteiger charge is -2.24. The van der Waals surface area contributed by atoms with Gasteiger partial charge >= 0.3 is 0 Å². The minimum absolute atomic E-state index is 0.0427. The molecule has 0 fully saturated rings. The molecule has 1 aliphatic rings. The SMILES string of the molecule is O=C1CC(C(=O)Nc2ccc(Br)cc2)c2ccc(F)cc2N1. The van der Waals surface area contributed by atoms with Crippen molar-refractivity contribution in [2.45, 2.75) is 12.3 Å². The lowest BCUT2D eigenvalue weighted by Crippen LogP contribution is -2.30. The third kappa shape index (κ3) is 3.01. The molecule has 0 saturated heterocycles. The minimum Gasteiger partial charge on any atom is -0.326 e. The van der Waals surface area contributed by atoms with E-state index >= 15 is 0 Å². The Morgan fingerprint density at radius 1 is 1.23 bits per heavy atom. The summed E-state index contributed by atoms with van der Waals surface area (Å²) in [5.41, 5.74) is 1.62. The molecule has 2 aromatic rings. The third-order valence-corrected chi connectivity index (χ3v) is 4.01. The molecule has 2 N–H and O–H groups in total. The highest BCUT2D eigenvalue weighted by Crippen LogP contribution is 2.33. The van der Waals surface area contributed by atoms with Gasteiger partial charge in [0.1, 0.15) is 5.82 Å². The first-order valence-electron chi connectivity index (χ1n) is 6.68. The van der Waals surface area contributed by atoms with Crippen LogP contribution in [-0.4, -0.2) is 11.8 Å². The summed E-state index contributed by atoms with van der Waals surface area (Å²) in [7, 11) is 0. The highest BCUT2D eigenvalue weighted by Gasteiger charge is 2.30. The van der Waals surface area contributed by atoms with Gasteiger partial charge in [0.05, 0.1) is 5.92 Å². The monoisotopic (exact) mass is 362 g/mol. The van der Waals surface area contributed by atoms with E-state index in [0.717, 1.165) is 4.47 Å². The number of hydrogen-bond acceptors (Lipinski definition) is 2. The van der Waals surface area contributed by atoms with Crippen molar-refractivity contribution in [1.82, 2.24) is 0 Å². The van der Waals surface area contributed by atoms with Crippen LogP contribution in [0.3, 0.4) is 0 Å². The molecule has 6 heteroatoms. The largest absolute Gasteiger partial charge is 0.326 e. The molecule has 2 aromatic carbocycles. The number of carbonyl (C=O) groups excluding carboxylic acids is 2. The summed E-state index contributed by atoms with van der Waals surface area (Å²) in [4.78, 5) is 24.2. The smallest absolute Gasteiger partial charge is 0.232 e. The van der Waals surface area contributed by atoms with E-state index in [1.165, 1.54) is 18.2 Å². The van der Waals surface area contributed by atoms with Crippen molar-refractivity contribution in [3.8, 4) is 0 Å². The number of carbonyl (C=O) groups is 2. The molecular weight excluding hydrogens is 351 g/mol. The summed E-state index contributed by atoms with van der Waals surface area (Å²) in [6.45, 7) is 0. The lowest BCUT2D eigenvalue weighted by molar-refractivity contribution is -0.123. The summed E-state index contributed by atoms with van der Waals surface area (Å²) in [6.07, 6.45) is 0.0427. The molecule has 1 atom stereocenters. The van der Waals surface area contributed by atoms with Gasteiger partial charge in [-0.3, -0.25) is 9.59 Å². The van der Waals surface area contributed by atoms with E-state index in [1.807, 2.05) is 12.1 Å². The van der Waals surface area contributed by atoms with Crippen molar-refractivity contribution in [3.63, 3.8) is 0 Å². The number of hydrogen-bond donors (Lipinski definition) is 2. The van der Waals surface area contributed by atoms with Crippen LogP contribution >= 0.6 is 15.9 Å². The summed E-state index contributed by atoms with van der Waals surface area (Å²) < 4.78 is 14.2. The van der Waals surface area contributed by atoms with Crippen molar-refractivity contribution in [1.29, 1.82) is 0 Å². The number of halogens is 2. The first-order valence-corrected chi connectivity index (χ1v) is 7.48. The fraction of sp³-hybridized carbons (Fsp3) is 0.125. The highest BCUT2D eigenvalue weighted by molar-refractivity contribution is 9.10. The van der Waals surface area contributed by atoms with Crippen LogP contribution in [0.1, 0.15) is 17.9 Å². The predicted octanol–water partition coefficient (Wildman–Crippen LogP) is 3.65. The van der Waals surface area contributed by atoms with Crippen molar-refractivity contribution in [2.75, 3.05) is 10.6 Å². The quantitative estimate of drug-likeness (QED) is 0.856. The van der Waals surface area contributed by atoms with Gasteiger partial charge in [-0.1, -0.05) is 22.0 Å². The van der Waals surface area contributed by atoms with Gasteiger partial charge in [-0.15, -0.1) is 0 Å². The summed E-state index contributed by atoms with van der Waals surface area (Å²) in [5.74, 6) is -1.67. The topological polar surface area (TPSA) is 58.2 Å². The van der Waals surface area contributed by atoms with Crippen LogP contribution in [0.2, 0.25) is 0 Å². The Balaban J connectivity index is 1.86. The average molecular weight is 363 g/mol. The Kier molecular flexibility index (Phi) is 3.94. The number of fused-ring (bicyclic) bond motifs is 1. The fourth-order valence-corrected chi connectivity index (χ4v) is 2.70. The number of anilines is 2. The van der Waals surface area contributed by atoms with Crippen LogP contribution in [-0.2, 0) is 9.59 Å². The van der Waals surface area contributed by atoms with Crippen molar-refractivity contribution in [2.24, 2.45) is 0 Å². The predicted molar refractivity (Wildman–Crippen MR) is 85.2 cm³/mol. The van der Waals surface area contributed by atoms with Gasteiger partial charge in [0.2, 0.25) is 11.8 Å². The molecule has 0 spiro atoms. The minimum atomic E-state index is -0.631. The Bertz CT molecular complexity index is 746. The second-order valence-corrected chi connectivity index (χ2v) is 5.95. The zero-order valence-corrected chi connectivity index (χ0v) is 13.0. The Hall–Kier alpha value is -2.21. The van der Waals surface area contributed by atoms with E-state index in [2.05, 4.69) is 26.6 Å². The maximum Gasteiger partial charge on any atom is 0.232 e. The number of amides is 2. The van der Waals surface area contributed by atoms with Gasteiger partial charge in [-0.2, -0.15) is 0 Å². The standard InChI is InChI=1S/C16H12BrFN2O2/c17-9-1-4-11(5-2-9)19-16(22)13-8-15(21)20-14-7-10(18)3-6-12(13)14/h1-7,13H,8H2,(H,19,22)(H,20,21). The van der Waals surface area contributed by atoms with Crippen molar-refractivity contribution in [3.05, 3.63) is 58.3 Å². The highest BCUT2D eigenvalue weighted by atomic mass is 79.9. The van der Waals surface area contributed by atoms with Crippen LogP contribution in [0.25, 0.3) is 0 Å². The van der Waals surface area contributed by atoms with E-state index in [-0.39, 0.29) is 18.2 Å². The van der Waals surface area contributed by atoms with E-state index in [9.17, 15) is 14.0 Å². The Morgan fingerprint density at radius 2 is 1.95 bits per heavy atom. The first-order chi connectivity index (χ1) is 10.5. The van der Waals surface area contributed by atoms with Crippen molar-refractivity contribution >= 4 is 39.1 Å². The molecular formula is C16H12BrFN2O2. The number of rotatable bonds is 2. The molecule has 22 heavy (non-hydrogen) atoms. The zero-order chi connectivity index (χ0) is 15.7. The van der Waals surface area contributed by atoms with Crippen LogP contribution in [0, 0.1) is 5.82 Å². The van der Waals surface area contributed by atoms with Gasteiger partial charge in [-0.05, 0) is 42.0 Å². The van der Waals surface area contributed by atoms with Gasteiger partial charge < -0.3 is 10.6 Å². The molecule has 0 radical (unpaired) electrons. The second-order valence-electron chi connectivity index (χ2n) is 5.03. The maximum atomic E-state index is 13.3. The molecule has 0 bridgehead atoms. The molecule has 112 valence electrons. The average Bonchev–Trinajstić information content (AvgIpc) is 2.48. The molecule has 3 rings (SSSR count). The molecule has 4 nitrogen and oxygen atoms in total. The van der Waals surface area contributed by atoms with Crippen molar-refractivity contribution < 1.29 is 14.0 Å². The molecule has 0 aromatic heterocycles. The maximum absolute atomic E-state index is 13.3. The van der Waals surface area contributed by atoms with Gasteiger partial charge in [0.15, 0.2) is 0 Å². The van der Waals surface area contributed by atoms with Gasteiger partial charge in [-0.25, -0.2) is 4.39 Å².